The number of amidine groups is 1. The van der Waals surface area contributed by atoms with Crippen LogP contribution in [0, 0.1) is 0 Å². The number of benzodiazepines with no additional fused rings is 1. The van der Waals surface area contributed by atoms with E-state index in [9.17, 15) is 4.79 Å². The van der Waals surface area contributed by atoms with Crippen LogP contribution in [-0.4, -0.2) is 48.9 Å². The quantitative estimate of drug-likeness (QED) is 0.267. The fraction of sp³-hybridized carbons (Fsp3) is 0.297. The highest BCUT2D eigenvalue weighted by atomic mass is 35.5. The second-order valence-corrected chi connectivity index (χ2v) is 12.5. The summed E-state index contributed by atoms with van der Waals surface area (Å²) in [7, 11) is 2.20. The Morgan fingerprint density at radius 2 is 1.65 bits per heavy atom. The van der Waals surface area contributed by atoms with Crippen molar-refractivity contribution in [2.24, 2.45) is 4.99 Å². The van der Waals surface area contributed by atoms with Gasteiger partial charge < -0.3 is 15.1 Å². The Morgan fingerprint density at radius 1 is 0.907 bits per heavy atom. The highest BCUT2D eigenvalue weighted by Crippen LogP contribution is 2.40. The number of anilines is 1. The third-order valence-corrected chi connectivity index (χ3v) is 9.48. The van der Waals surface area contributed by atoms with Crippen molar-refractivity contribution in [3.05, 3.63) is 124 Å². The van der Waals surface area contributed by atoms with Crippen LogP contribution in [0.5, 0.6) is 0 Å². The molecule has 1 saturated carbocycles. The van der Waals surface area contributed by atoms with E-state index in [0.29, 0.717) is 5.56 Å². The lowest BCUT2D eigenvalue weighted by molar-refractivity contribution is 0.0922. The van der Waals surface area contributed by atoms with Crippen LogP contribution in [0.25, 0.3) is 10.8 Å². The normalized spacial score (nSPS) is 19.0. The SMILES string of the molecule is CN1C(=C2CCC2)C(Cc2ccc3ccccc3c2)N=C(N2CCC(NC(=O)c3ccccc3)CC2)c2cc(Cl)ccc21. The predicted octanol–water partition coefficient (Wildman–Crippen LogP) is 7.63. The van der Waals surface area contributed by atoms with E-state index in [0.717, 1.165) is 67.3 Å². The number of halogens is 1. The number of fused-ring (bicyclic) bond motifs is 2. The monoisotopic (exact) mass is 588 g/mol. The number of carbonyl (C=O) groups is 1. The molecule has 1 atom stereocenters. The lowest BCUT2D eigenvalue weighted by atomic mass is 9.86. The number of benzene rings is 4. The number of rotatable bonds is 4. The van der Waals surface area contributed by atoms with E-state index >= 15 is 0 Å². The maximum Gasteiger partial charge on any atom is 0.251 e. The number of hydrogen-bond acceptors (Lipinski definition) is 4. The summed E-state index contributed by atoms with van der Waals surface area (Å²) in [5.41, 5.74) is 7.09. The number of amides is 1. The number of aliphatic imine (C=N–C) groups is 1. The molecule has 7 rings (SSSR count). The number of nitrogens with zero attached hydrogens (tertiary/aromatic N) is 3. The summed E-state index contributed by atoms with van der Waals surface area (Å²) in [4.78, 5) is 23.3. The molecule has 0 spiro atoms. The van der Waals surface area contributed by atoms with Crippen molar-refractivity contribution in [3.63, 3.8) is 0 Å². The molecule has 3 aliphatic rings. The number of allylic oxidation sites excluding steroid dienone is 1. The van der Waals surface area contributed by atoms with E-state index in [1.807, 2.05) is 36.4 Å². The molecule has 0 bridgehead atoms. The van der Waals surface area contributed by atoms with Crippen LogP contribution in [-0.2, 0) is 6.42 Å². The maximum absolute atomic E-state index is 12.8. The average Bonchev–Trinajstić information content (AvgIpc) is 3.11. The number of likely N-dealkylation sites (tertiary alicyclic amines) is 1. The lowest BCUT2D eigenvalue weighted by Gasteiger charge is -2.35. The Balaban J connectivity index is 1.22. The van der Waals surface area contributed by atoms with E-state index in [1.54, 1.807) is 0 Å². The second-order valence-electron chi connectivity index (χ2n) is 12.0. The molecule has 1 unspecified atom stereocenters. The van der Waals surface area contributed by atoms with Gasteiger partial charge in [-0.05, 0) is 84.3 Å². The molecule has 2 fully saturated rings. The van der Waals surface area contributed by atoms with Crippen molar-refractivity contribution in [3.8, 4) is 0 Å². The first kappa shape index (κ1) is 27.7. The van der Waals surface area contributed by atoms with Crippen molar-refractivity contribution >= 4 is 39.8 Å². The molecule has 1 N–H and O–H groups in total. The Hall–Kier alpha value is -4.09. The van der Waals surface area contributed by atoms with Gasteiger partial charge in [0.25, 0.3) is 5.91 Å². The van der Waals surface area contributed by atoms with Gasteiger partial charge in [0.2, 0.25) is 0 Å². The third kappa shape index (κ3) is 5.66. The van der Waals surface area contributed by atoms with Crippen molar-refractivity contribution < 1.29 is 4.79 Å². The van der Waals surface area contributed by atoms with Gasteiger partial charge in [-0.25, -0.2) is 0 Å². The Morgan fingerprint density at radius 3 is 2.40 bits per heavy atom. The molecular formula is C37H37ClN4O. The Labute approximate surface area is 258 Å². The molecule has 2 heterocycles. The van der Waals surface area contributed by atoms with Gasteiger partial charge >= 0.3 is 0 Å². The van der Waals surface area contributed by atoms with E-state index in [-0.39, 0.29) is 18.0 Å². The summed E-state index contributed by atoms with van der Waals surface area (Å²) in [5, 5.41) is 6.50. The minimum Gasteiger partial charge on any atom is -0.356 e. The fourth-order valence-corrected chi connectivity index (χ4v) is 6.94. The zero-order valence-electron chi connectivity index (χ0n) is 24.6. The third-order valence-electron chi connectivity index (χ3n) is 9.24. The summed E-state index contributed by atoms with van der Waals surface area (Å²) >= 11 is 6.63. The molecule has 6 heteroatoms. The highest BCUT2D eigenvalue weighted by molar-refractivity contribution is 6.31. The van der Waals surface area contributed by atoms with Gasteiger partial charge in [-0.3, -0.25) is 9.79 Å². The molecule has 1 saturated heterocycles. The van der Waals surface area contributed by atoms with E-state index in [4.69, 9.17) is 16.6 Å². The zero-order valence-corrected chi connectivity index (χ0v) is 25.4. The van der Waals surface area contributed by atoms with Crippen LogP contribution in [0.2, 0.25) is 5.02 Å². The minimum absolute atomic E-state index is 0.00172. The van der Waals surface area contributed by atoms with Crippen LogP contribution >= 0.6 is 11.6 Å². The lowest BCUT2D eigenvalue weighted by Crippen LogP contribution is -2.47. The van der Waals surface area contributed by atoms with E-state index < -0.39 is 0 Å². The van der Waals surface area contributed by atoms with E-state index in [1.165, 1.54) is 34.0 Å². The summed E-state index contributed by atoms with van der Waals surface area (Å²) in [6, 6.07) is 31.2. The van der Waals surface area contributed by atoms with Crippen molar-refractivity contribution in [2.45, 2.75) is 50.6 Å². The molecule has 4 aromatic rings. The Kier molecular flexibility index (Phi) is 7.67. The largest absolute Gasteiger partial charge is 0.356 e. The van der Waals surface area contributed by atoms with Crippen LogP contribution in [0.15, 0.2) is 107 Å². The molecular weight excluding hydrogens is 552 g/mol. The number of piperidine rings is 1. The van der Waals surface area contributed by atoms with Gasteiger partial charge in [0.1, 0.15) is 5.84 Å². The topological polar surface area (TPSA) is 47.9 Å². The molecule has 0 radical (unpaired) electrons. The molecule has 43 heavy (non-hydrogen) atoms. The first-order chi connectivity index (χ1) is 21.0. The van der Waals surface area contributed by atoms with Gasteiger partial charge in [0.15, 0.2) is 0 Å². The second kappa shape index (κ2) is 11.9. The molecule has 5 nitrogen and oxygen atoms in total. The smallest absolute Gasteiger partial charge is 0.251 e. The first-order valence-electron chi connectivity index (χ1n) is 15.5. The van der Waals surface area contributed by atoms with Gasteiger partial charge in [-0.2, -0.15) is 0 Å². The highest BCUT2D eigenvalue weighted by Gasteiger charge is 2.34. The van der Waals surface area contributed by atoms with Crippen molar-refractivity contribution in [1.82, 2.24) is 10.2 Å². The summed E-state index contributed by atoms with van der Waals surface area (Å²) < 4.78 is 0. The van der Waals surface area contributed by atoms with Gasteiger partial charge in [0.05, 0.1) is 11.7 Å². The van der Waals surface area contributed by atoms with Crippen LogP contribution in [0.3, 0.4) is 0 Å². The Bertz CT molecular complexity index is 1720. The molecule has 218 valence electrons. The number of hydrogen-bond donors (Lipinski definition) is 1. The van der Waals surface area contributed by atoms with Crippen molar-refractivity contribution in [1.29, 1.82) is 0 Å². The standard InChI is InChI=1S/C37H37ClN4O/c1-41-34-17-16-30(38)24-32(34)36(42-20-18-31(19-21-42)39-37(43)28-9-3-2-4-10-28)40-33(35(41)27-12-7-13-27)23-25-14-15-26-8-5-6-11-29(26)22-25/h2-6,8-11,14-17,22,24,31,33H,7,12-13,18-21,23H2,1H3,(H,39,43). The first-order valence-corrected chi connectivity index (χ1v) is 15.8. The molecule has 1 amide bonds. The van der Waals surface area contributed by atoms with Gasteiger partial charge in [-0.1, -0.05) is 72.3 Å². The van der Waals surface area contributed by atoms with Crippen molar-refractivity contribution in [2.75, 3.05) is 25.0 Å². The van der Waals surface area contributed by atoms with Crippen LogP contribution < -0.4 is 10.2 Å². The van der Waals surface area contributed by atoms with Crippen LogP contribution in [0.1, 0.15) is 53.6 Å². The number of nitrogens with one attached hydrogen (secondary N) is 1. The van der Waals surface area contributed by atoms with Crippen LogP contribution in [0.4, 0.5) is 5.69 Å². The van der Waals surface area contributed by atoms with E-state index in [2.05, 4.69) is 76.8 Å². The van der Waals surface area contributed by atoms with Gasteiger partial charge in [-0.15, -0.1) is 0 Å². The number of carbonyl (C=O) groups excluding carboxylic acids is 1. The minimum atomic E-state index is -0.00294. The molecule has 2 aliphatic heterocycles. The zero-order chi connectivity index (χ0) is 29.3. The average molecular weight is 589 g/mol. The summed E-state index contributed by atoms with van der Waals surface area (Å²) in [5.74, 6) is 1.01. The molecule has 0 aromatic heterocycles. The predicted molar refractivity (Wildman–Crippen MR) is 177 cm³/mol. The summed E-state index contributed by atoms with van der Waals surface area (Å²) in [6.07, 6.45) is 6.08. The maximum atomic E-state index is 12.8. The molecule has 4 aromatic carbocycles. The number of likely N-dealkylation sites (N-methyl/N-ethyl adjacent to an activating group) is 1. The fourth-order valence-electron chi connectivity index (χ4n) is 6.77. The van der Waals surface area contributed by atoms with Gasteiger partial charge in [0, 0.05) is 54.4 Å². The molecule has 1 aliphatic carbocycles. The summed E-state index contributed by atoms with van der Waals surface area (Å²) in [6.45, 7) is 1.64.